The molecule has 80 valence electrons. The molecular weight excluding hydrogens is 184 g/mol. The first-order chi connectivity index (χ1) is 7.29. The minimum absolute atomic E-state index is 0.302. The summed E-state index contributed by atoms with van der Waals surface area (Å²) in [5, 5.41) is 3.43. The van der Waals surface area contributed by atoms with Gasteiger partial charge in [-0.2, -0.15) is 0 Å². The van der Waals surface area contributed by atoms with Crippen LogP contribution in [0.4, 0.5) is 0 Å². The molecule has 0 aliphatic carbocycles. The average molecular weight is 202 g/mol. The predicted octanol–water partition coefficient (Wildman–Crippen LogP) is 2.45. The van der Waals surface area contributed by atoms with Gasteiger partial charge in [-0.1, -0.05) is 13.0 Å². The van der Waals surface area contributed by atoms with Gasteiger partial charge in [0.2, 0.25) is 0 Å². The van der Waals surface area contributed by atoms with Crippen LogP contribution in [0, 0.1) is 18.8 Å². The van der Waals surface area contributed by atoms with Crippen molar-refractivity contribution in [2.75, 3.05) is 6.54 Å². The maximum absolute atomic E-state index is 4.30. The van der Waals surface area contributed by atoms with Crippen LogP contribution in [0.5, 0.6) is 0 Å². The van der Waals surface area contributed by atoms with Crippen molar-refractivity contribution in [1.29, 1.82) is 0 Å². The van der Waals surface area contributed by atoms with Crippen molar-refractivity contribution >= 4 is 0 Å². The number of nitrogens with zero attached hydrogens (tertiary/aromatic N) is 1. The molecule has 0 saturated heterocycles. The normalized spacial score (nSPS) is 11.7. The van der Waals surface area contributed by atoms with Gasteiger partial charge in [0.05, 0.1) is 0 Å². The number of rotatable bonds is 4. The molecule has 1 atom stereocenters. The third kappa shape index (κ3) is 3.38. The van der Waals surface area contributed by atoms with Crippen LogP contribution >= 0.6 is 0 Å². The highest BCUT2D eigenvalue weighted by atomic mass is 14.9. The number of hydrogen-bond donors (Lipinski definition) is 1. The van der Waals surface area contributed by atoms with E-state index in [4.69, 9.17) is 0 Å². The average Bonchev–Trinajstić information content (AvgIpc) is 2.25. The summed E-state index contributed by atoms with van der Waals surface area (Å²) in [5.41, 5.74) is 2.34. The van der Waals surface area contributed by atoms with Crippen LogP contribution in [0.1, 0.15) is 37.6 Å². The van der Waals surface area contributed by atoms with Gasteiger partial charge in [-0.05, 0) is 32.0 Å². The summed E-state index contributed by atoms with van der Waals surface area (Å²) >= 11 is 0. The number of aryl methyl sites for hydroxylation is 1. The van der Waals surface area contributed by atoms with Gasteiger partial charge in [0.1, 0.15) is 0 Å². The Hall–Kier alpha value is -1.33. The molecule has 0 aromatic carbocycles. The number of pyridine rings is 1. The van der Waals surface area contributed by atoms with Crippen molar-refractivity contribution in [3.05, 3.63) is 29.6 Å². The van der Waals surface area contributed by atoms with E-state index in [1.807, 2.05) is 26.1 Å². The summed E-state index contributed by atoms with van der Waals surface area (Å²) in [6.07, 6.45) is 2.67. The molecule has 2 nitrogen and oxygen atoms in total. The molecule has 1 aromatic rings. The van der Waals surface area contributed by atoms with Crippen molar-refractivity contribution in [2.24, 2.45) is 0 Å². The minimum atomic E-state index is 0.302. The Morgan fingerprint density at radius 2 is 2.33 bits per heavy atom. The van der Waals surface area contributed by atoms with Crippen molar-refractivity contribution in [2.45, 2.75) is 33.2 Å². The Kier molecular flexibility index (Phi) is 4.86. The molecule has 15 heavy (non-hydrogen) atoms. The smallest absolute Gasteiger partial charge is 0.0448 e. The SMILES string of the molecule is CC#CCC(NCC)c1cccnc1C. The lowest BCUT2D eigenvalue weighted by Gasteiger charge is -2.17. The zero-order valence-corrected chi connectivity index (χ0v) is 9.67. The van der Waals surface area contributed by atoms with Crippen molar-refractivity contribution in [3.63, 3.8) is 0 Å². The van der Waals surface area contributed by atoms with E-state index in [-0.39, 0.29) is 0 Å². The molecule has 0 amide bonds. The lowest BCUT2D eigenvalue weighted by Crippen LogP contribution is -2.21. The van der Waals surface area contributed by atoms with Gasteiger partial charge in [-0.3, -0.25) is 4.98 Å². The Balaban J connectivity index is 2.86. The summed E-state index contributed by atoms with van der Waals surface area (Å²) < 4.78 is 0. The maximum atomic E-state index is 4.30. The molecule has 1 aromatic heterocycles. The Morgan fingerprint density at radius 3 is 2.93 bits per heavy atom. The zero-order chi connectivity index (χ0) is 11.1. The van der Waals surface area contributed by atoms with E-state index in [9.17, 15) is 0 Å². The summed E-state index contributed by atoms with van der Waals surface area (Å²) in [6, 6.07) is 4.40. The molecule has 0 radical (unpaired) electrons. The van der Waals surface area contributed by atoms with Crippen LogP contribution in [-0.4, -0.2) is 11.5 Å². The molecule has 1 N–H and O–H groups in total. The molecule has 0 aliphatic rings. The number of aromatic nitrogens is 1. The van der Waals surface area contributed by atoms with Crippen molar-refractivity contribution in [3.8, 4) is 11.8 Å². The first kappa shape index (κ1) is 11.7. The monoisotopic (exact) mass is 202 g/mol. The molecule has 1 heterocycles. The molecule has 1 unspecified atom stereocenters. The second-order valence-corrected chi connectivity index (χ2v) is 3.42. The molecular formula is C13H18N2. The first-order valence-electron chi connectivity index (χ1n) is 5.34. The van der Waals surface area contributed by atoms with E-state index in [2.05, 4.69) is 35.1 Å². The first-order valence-corrected chi connectivity index (χ1v) is 5.34. The summed E-state index contributed by atoms with van der Waals surface area (Å²) in [7, 11) is 0. The van der Waals surface area contributed by atoms with Gasteiger partial charge < -0.3 is 5.32 Å². The van der Waals surface area contributed by atoms with E-state index in [1.54, 1.807) is 0 Å². The summed E-state index contributed by atoms with van der Waals surface area (Å²) in [5.74, 6) is 6.05. The fourth-order valence-electron chi connectivity index (χ4n) is 1.61. The highest BCUT2D eigenvalue weighted by Gasteiger charge is 2.11. The molecule has 0 saturated carbocycles. The van der Waals surface area contributed by atoms with Crippen LogP contribution in [0.15, 0.2) is 18.3 Å². The number of nitrogens with one attached hydrogen (secondary N) is 1. The van der Waals surface area contributed by atoms with E-state index in [1.165, 1.54) is 5.56 Å². The van der Waals surface area contributed by atoms with Crippen LogP contribution in [-0.2, 0) is 0 Å². The molecule has 2 heteroatoms. The van der Waals surface area contributed by atoms with E-state index >= 15 is 0 Å². The van der Waals surface area contributed by atoms with Gasteiger partial charge in [-0.25, -0.2) is 0 Å². The van der Waals surface area contributed by atoms with Gasteiger partial charge >= 0.3 is 0 Å². The van der Waals surface area contributed by atoms with Gasteiger partial charge in [0, 0.05) is 24.4 Å². The quantitative estimate of drug-likeness (QED) is 0.759. The summed E-state index contributed by atoms with van der Waals surface area (Å²) in [6.45, 7) is 6.97. The molecule has 0 aliphatic heterocycles. The Bertz CT molecular complexity index is 360. The van der Waals surface area contributed by atoms with E-state index in [0.717, 1.165) is 18.7 Å². The van der Waals surface area contributed by atoms with Gasteiger partial charge in [0.25, 0.3) is 0 Å². The molecule has 0 fully saturated rings. The predicted molar refractivity (Wildman–Crippen MR) is 63.5 cm³/mol. The van der Waals surface area contributed by atoms with Crippen LogP contribution in [0.25, 0.3) is 0 Å². The third-order valence-electron chi connectivity index (χ3n) is 2.36. The zero-order valence-electron chi connectivity index (χ0n) is 9.67. The Morgan fingerprint density at radius 1 is 1.53 bits per heavy atom. The fraction of sp³-hybridized carbons (Fsp3) is 0.462. The van der Waals surface area contributed by atoms with E-state index in [0.29, 0.717) is 6.04 Å². The van der Waals surface area contributed by atoms with Gasteiger partial charge in [0.15, 0.2) is 0 Å². The Labute approximate surface area is 92.1 Å². The highest BCUT2D eigenvalue weighted by molar-refractivity contribution is 5.24. The number of hydrogen-bond acceptors (Lipinski definition) is 2. The standard InChI is InChI=1S/C13H18N2/c1-4-6-9-13(14-5-2)12-8-7-10-15-11(12)3/h7-8,10,13-14H,5,9H2,1-3H3. The van der Waals surface area contributed by atoms with Crippen LogP contribution < -0.4 is 5.32 Å². The molecule has 0 bridgehead atoms. The van der Waals surface area contributed by atoms with Gasteiger partial charge in [-0.15, -0.1) is 11.8 Å². The third-order valence-corrected chi connectivity index (χ3v) is 2.36. The fourth-order valence-corrected chi connectivity index (χ4v) is 1.61. The minimum Gasteiger partial charge on any atom is -0.309 e. The topological polar surface area (TPSA) is 24.9 Å². The maximum Gasteiger partial charge on any atom is 0.0448 e. The molecule has 0 spiro atoms. The van der Waals surface area contributed by atoms with Crippen molar-refractivity contribution < 1.29 is 0 Å². The second kappa shape index (κ2) is 6.21. The lowest BCUT2D eigenvalue weighted by atomic mass is 10.0. The highest BCUT2D eigenvalue weighted by Crippen LogP contribution is 2.18. The van der Waals surface area contributed by atoms with Crippen LogP contribution in [0.3, 0.4) is 0 Å². The lowest BCUT2D eigenvalue weighted by molar-refractivity contribution is 0.560. The molecule has 1 rings (SSSR count). The second-order valence-electron chi connectivity index (χ2n) is 3.42. The van der Waals surface area contributed by atoms with Crippen LogP contribution in [0.2, 0.25) is 0 Å². The van der Waals surface area contributed by atoms with E-state index < -0.39 is 0 Å². The summed E-state index contributed by atoms with van der Waals surface area (Å²) in [4.78, 5) is 4.30. The van der Waals surface area contributed by atoms with Crippen molar-refractivity contribution in [1.82, 2.24) is 10.3 Å². The largest absolute Gasteiger partial charge is 0.309 e.